The van der Waals surface area contributed by atoms with E-state index in [1.807, 2.05) is 6.07 Å². The molecule has 0 atom stereocenters. The number of amides is 1. The van der Waals surface area contributed by atoms with Gasteiger partial charge >= 0.3 is 6.09 Å². The van der Waals surface area contributed by atoms with Crippen molar-refractivity contribution in [2.45, 2.75) is 0 Å². The standard InChI is InChI=1S/C9H7BrN2O2/c1-12(9(13)14)8-6(5-11)3-2-4-7(8)10/h2-4H,1H3,(H,13,14). The van der Waals surface area contributed by atoms with E-state index in [9.17, 15) is 4.79 Å². The average molecular weight is 255 g/mol. The van der Waals surface area contributed by atoms with Crippen LogP contribution in [0.1, 0.15) is 5.56 Å². The topological polar surface area (TPSA) is 64.3 Å². The molecule has 1 N–H and O–H groups in total. The molecule has 14 heavy (non-hydrogen) atoms. The molecule has 0 aliphatic heterocycles. The van der Waals surface area contributed by atoms with Crippen molar-refractivity contribution in [2.24, 2.45) is 0 Å². The molecule has 0 aliphatic carbocycles. The third-order valence-electron chi connectivity index (χ3n) is 1.73. The Morgan fingerprint density at radius 3 is 2.79 bits per heavy atom. The van der Waals surface area contributed by atoms with Crippen LogP contribution >= 0.6 is 15.9 Å². The van der Waals surface area contributed by atoms with Crippen molar-refractivity contribution in [3.8, 4) is 6.07 Å². The fourth-order valence-corrected chi connectivity index (χ4v) is 1.67. The third-order valence-corrected chi connectivity index (χ3v) is 2.37. The zero-order chi connectivity index (χ0) is 10.7. The molecular weight excluding hydrogens is 248 g/mol. The highest BCUT2D eigenvalue weighted by atomic mass is 79.9. The number of hydrogen-bond acceptors (Lipinski definition) is 2. The summed E-state index contributed by atoms with van der Waals surface area (Å²) >= 11 is 3.20. The molecule has 1 aromatic rings. The molecule has 0 aromatic heterocycles. The summed E-state index contributed by atoms with van der Waals surface area (Å²) in [6.45, 7) is 0. The molecule has 1 amide bonds. The smallest absolute Gasteiger partial charge is 0.411 e. The first-order chi connectivity index (χ1) is 6.57. The van der Waals surface area contributed by atoms with Crippen molar-refractivity contribution >= 4 is 27.7 Å². The number of benzene rings is 1. The molecule has 0 saturated heterocycles. The van der Waals surface area contributed by atoms with Crippen LogP contribution < -0.4 is 4.90 Å². The number of carbonyl (C=O) groups is 1. The summed E-state index contributed by atoms with van der Waals surface area (Å²) in [7, 11) is 1.39. The van der Waals surface area contributed by atoms with Crippen LogP contribution in [0.4, 0.5) is 10.5 Å². The fourth-order valence-electron chi connectivity index (χ4n) is 1.04. The number of halogens is 1. The molecule has 0 fully saturated rings. The van der Waals surface area contributed by atoms with Crippen LogP contribution in [0.5, 0.6) is 0 Å². The number of para-hydroxylation sites is 1. The highest BCUT2D eigenvalue weighted by Crippen LogP contribution is 2.28. The van der Waals surface area contributed by atoms with Gasteiger partial charge in [-0.05, 0) is 28.1 Å². The first kappa shape index (κ1) is 10.5. The minimum absolute atomic E-state index is 0.323. The van der Waals surface area contributed by atoms with Crippen molar-refractivity contribution in [3.63, 3.8) is 0 Å². The van der Waals surface area contributed by atoms with E-state index < -0.39 is 6.09 Å². The summed E-state index contributed by atoms with van der Waals surface area (Å²) in [5.74, 6) is 0. The normalized spacial score (nSPS) is 9.21. The van der Waals surface area contributed by atoms with E-state index in [4.69, 9.17) is 10.4 Å². The molecule has 0 radical (unpaired) electrons. The molecule has 0 heterocycles. The molecule has 0 aliphatic rings. The second kappa shape index (κ2) is 4.11. The number of hydrogen-bond donors (Lipinski definition) is 1. The van der Waals surface area contributed by atoms with Gasteiger partial charge < -0.3 is 5.11 Å². The van der Waals surface area contributed by atoms with E-state index >= 15 is 0 Å². The Hall–Kier alpha value is -1.54. The molecule has 72 valence electrons. The summed E-state index contributed by atoms with van der Waals surface area (Å²) in [6, 6.07) is 6.88. The first-order valence-corrected chi connectivity index (χ1v) is 4.52. The second-order valence-electron chi connectivity index (χ2n) is 2.59. The van der Waals surface area contributed by atoms with Gasteiger partial charge in [0.1, 0.15) is 6.07 Å². The minimum atomic E-state index is -1.10. The monoisotopic (exact) mass is 254 g/mol. The van der Waals surface area contributed by atoms with Crippen molar-refractivity contribution in [1.82, 2.24) is 0 Å². The maximum Gasteiger partial charge on any atom is 0.411 e. The summed E-state index contributed by atoms with van der Waals surface area (Å²) in [5, 5.41) is 17.6. The lowest BCUT2D eigenvalue weighted by Crippen LogP contribution is -2.25. The van der Waals surface area contributed by atoms with Crippen LogP contribution in [0.25, 0.3) is 0 Å². The van der Waals surface area contributed by atoms with E-state index in [-0.39, 0.29) is 0 Å². The van der Waals surface area contributed by atoms with Crippen molar-refractivity contribution in [3.05, 3.63) is 28.2 Å². The molecule has 5 heteroatoms. The van der Waals surface area contributed by atoms with Gasteiger partial charge in [0.15, 0.2) is 0 Å². The molecule has 0 saturated carbocycles. The molecule has 0 spiro atoms. The molecule has 0 unspecified atom stereocenters. The van der Waals surface area contributed by atoms with Gasteiger partial charge in [0.25, 0.3) is 0 Å². The zero-order valence-electron chi connectivity index (χ0n) is 7.36. The number of anilines is 1. The van der Waals surface area contributed by atoms with Crippen LogP contribution in [0.3, 0.4) is 0 Å². The van der Waals surface area contributed by atoms with Gasteiger partial charge in [0.05, 0.1) is 11.3 Å². The third kappa shape index (κ3) is 1.86. The summed E-state index contributed by atoms with van der Waals surface area (Å²) in [6.07, 6.45) is -1.10. The Morgan fingerprint density at radius 1 is 1.64 bits per heavy atom. The van der Waals surface area contributed by atoms with Gasteiger partial charge in [-0.1, -0.05) is 6.07 Å². The largest absolute Gasteiger partial charge is 0.465 e. The number of nitrogens with zero attached hydrogens (tertiary/aromatic N) is 2. The molecule has 1 aromatic carbocycles. The molecular formula is C9H7BrN2O2. The van der Waals surface area contributed by atoms with Crippen LogP contribution in [-0.2, 0) is 0 Å². The lowest BCUT2D eigenvalue weighted by atomic mass is 10.2. The summed E-state index contributed by atoms with van der Waals surface area (Å²) in [5.41, 5.74) is 0.687. The van der Waals surface area contributed by atoms with Crippen LogP contribution in [0, 0.1) is 11.3 Å². The van der Waals surface area contributed by atoms with Crippen molar-refractivity contribution in [1.29, 1.82) is 5.26 Å². The van der Waals surface area contributed by atoms with Gasteiger partial charge in [-0.2, -0.15) is 5.26 Å². The SMILES string of the molecule is CN(C(=O)O)c1c(Br)cccc1C#N. The number of nitriles is 1. The highest BCUT2D eigenvalue weighted by Gasteiger charge is 2.15. The number of carboxylic acid groups (broad SMARTS) is 1. The summed E-state index contributed by atoms with van der Waals surface area (Å²) < 4.78 is 0.585. The average Bonchev–Trinajstić information content (AvgIpc) is 2.16. The van der Waals surface area contributed by atoms with Gasteiger partial charge in [0.2, 0.25) is 0 Å². The quantitative estimate of drug-likeness (QED) is 0.838. The fraction of sp³-hybridized carbons (Fsp3) is 0.111. The highest BCUT2D eigenvalue weighted by molar-refractivity contribution is 9.10. The Morgan fingerprint density at radius 2 is 2.29 bits per heavy atom. The van der Waals surface area contributed by atoms with Gasteiger partial charge in [0, 0.05) is 11.5 Å². The maximum atomic E-state index is 10.7. The van der Waals surface area contributed by atoms with Crippen molar-refractivity contribution in [2.75, 3.05) is 11.9 Å². The minimum Gasteiger partial charge on any atom is -0.465 e. The van der Waals surface area contributed by atoms with E-state index in [2.05, 4.69) is 15.9 Å². The predicted octanol–water partition coefficient (Wildman–Crippen LogP) is 2.43. The van der Waals surface area contributed by atoms with Gasteiger partial charge in [-0.15, -0.1) is 0 Å². The maximum absolute atomic E-state index is 10.7. The second-order valence-corrected chi connectivity index (χ2v) is 3.44. The Balaban J connectivity index is 3.32. The van der Waals surface area contributed by atoms with Crippen LogP contribution in [0.2, 0.25) is 0 Å². The van der Waals surface area contributed by atoms with Crippen LogP contribution in [-0.4, -0.2) is 18.2 Å². The lowest BCUT2D eigenvalue weighted by molar-refractivity contribution is 0.203. The van der Waals surface area contributed by atoms with Crippen molar-refractivity contribution < 1.29 is 9.90 Å². The molecule has 4 nitrogen and oxygen atoms in total. The molecule has 1 rings (SSSR count). The van der Waals surface area contributed by atoms with E-state index in [0.29, 0.717) is 15.7 Å². The first-order valence-electron chi connectivity index (χ1n) is 3.73. The Bertz CT molecular complexity index is 412. The van der Waals surface area contributed by atoms with E-state index in [1.165, 1.54) is 7.05 Å². The van der Waals surface area contributed by atoms with E-state index in [0.717, 1.165) is 4.90 Å². The lowest BCUT2D eigenvalue weighted by Gasteiger charge is -2.15. The molecule has 0 bridgehead atoms. The Kier molecular flexibility index (Phi) is 3.10. The van der Waals surface area contributed by atoms with Gasteiger partial charge in [-0.25, -0.2) is 4.79 Å². The van der Waals surface area contributed by atoms with Crippen LogP contribution in [0.15, 0.2) is 22.7 Å². The number of rotatable bonds is 1. The Labute approximate surface area is 89.5 Å². The van der Waals surface area contributed by atoms with E-state index in [1.54, 1.807) is 18.2 Å². The zero-order valence-corrected chi connectivity index (χ0v) is 8.95. The summed E-state index contributed by atoms with van der Waals surface area (Å²) in [4.78, 5) is 11.7. The van der Waals surface area contributed by atoms with Gasteiger partial charge in [-0.3, -0.25) is 4.90 Å². The predicted molar refractivity (Wildman–Crippen MR) is 55.3 cm³/mol.